The monoisotopic (exact) mass is 363 g/mol. The second-order valence-corrected chi connectivity index (χ2v) is 5.97. The number of carbonyl (C=O) groups excluding carboxylic acids is 2. The van der Waals surface area contributed by atoms with Crippen LogP contribution in [0.25, 0.3) is 0 Å². The van der Waals surface area contributed by atoms with Gasteiger partial charge in [-0.3, -0.25) is 9.59 Å². The minimum absolute atomic E-state index is 0.0718. The summed E-state index contributed by atoms with van der Waals surface area (Å²) >= 11 is 5.87. The van der Waals surface area contributed by atoms with Gasteiger partial charge in [0.15, 0.2) is 6.10 Å². The Morgan fingerprint density at radius 1 is 1.20 bits per heavy atom. The summed E-state index contributed by atoms with van der Waals surface area (Å²) < 4.78 is 18.3. The predicted octanol–water partition coefficient (Wildman–Crippen LogP) is 4.54. The molecule has 2 aromatic carbocycles. The van der Waals surface area contributed by atoms with Gasteiger partial charge in [-0.15, -0.1) is 0 Å². The predicted molar refractivity (Wildman–Crippen MR) is 95.1 cm³/mol. The fraction of sp³-hybridized carbons (Fsp3) is 0.263. The summed E-state index contributed by atoms with van der Waals surface area (Å²) in [6.45, 7) is 3.35. The number of carbonyl (C=O) groups is 2. The van der Waals surface area contributed by atoms with E-state index in [2.05, 4.69) is 5.32 Å². The zero-order valence-electron chi connectivity index (χ0n) is 14.0. The van der Waals surface area contributed by atoms with E-state index >= 15 is 0 Å². The molecule has 0 fully saturated rings. The van der Waals surface area contributed by atoms with Crippen LogP contribution in [0.4, 0.5) is 10.1 Å². The van der Waals surface area contributed by atoms with Crippen molar-refractivity contribution < 1.29 is 18.7 Å². The Bertz CT molecular complexity index is 752. The lowest BCUT2D eigenvalue weighted by molar-refractivity contribution is -0.154. The lowest BCUT2D eigenvalue weighted by Crippen LogP contribution is -2.31. The number of nitrogens with one attached hydrogen (secondary N) is 1. The number of anilines is 1. The molecule has 2 aromatic rings. The minimum Gasteiger partial charge on any atom is -0.452 e. The van der Waals surface area contributed by atoms with Crippen LogP contribution in [0.15, 0.2) is 48.5 Å². The molecule has 132 valence electrons. The third-order valence-corrected chi connectivity index (χ3v) is 4.06. The maximum absolute atomic E-state index is 13.0. The molecule has 4 nitrogen and oxygen atoms in total. The van der Waals surface area contributed by atoms with Gasteiger partial charge in [-0.05, 0) is 37.1 Å². The second kappa shape index (κ2) is 8.62. The molecular weight excluding hydrogens is 345 g/mol. The number of benzene rings is 2. The largest absolute Gasteiger partial charge is 0.452 e. The van der Waals surface area contributed by atoms with Gasteiger partial charge in [0.05, 0.1) is 16.6 Å². The van der Waals surface area contributed by atoms with E-state index in [4.69, 9.17) is 16.3 Å². The van der Waals surface area contributed by atoms with E-state index in [1.807, 2.05) is 37.3 Å². The number of rotatable bonds is 6. The van der Waals surface area contributed by atoms with Crippen LogP contribution in [0.3, 0.4) is 0 Å². The first-order valence-corrected chi connectivity index (χ1v) is 8.31. The molecule has 0 spiro atoms. The average Bonchev–Trinajstić information content (AvgIpc) is 2.58. The lowest BCUT2D eigenvalue weighted by Gasteiger charge is -2.19. The van der Waals surface area contributed by atoms with Crippen LogP contribution in [0, 0.1) is 5.82 Å². The lowest BCUT2D eigenvalue weighted by atomic mass is 9.97. The third-order valence-electron chi connectivity index (χ3n) is 3.75. The molecule has 25 heavy (non-hydrogen) atoms. The number of ether oxygens (including phenoxy) is 1. The SMILES string of the molecule is CC[C@H](C(=O)O[C@@H](C)C(=O)Nc1ccc(F)cc1Cl)c1ccccc1. The van der Waals surface area contributed by atoms with Crippen LogP contribution in [-0.2, 0) is 14.3 Å². The summed E-state index contributed by atoms with van der Waals surface area (Å²) in [6, 6.07) is 12.9. The fourth-order valence-electron chi connectivity index (χ4n) is 2.36. The van der Waals surface area contributed by atoms with Crippen molar-refractivity contribution in [1.29, 1.82) is 0 Å². The summed E-state index contributed by atoms with van der Waals surface area (Å²) in [6.07, 6.45) is -0.451. The summed E-state index contributed by atoms with van der Waals surface area (Å²) in [5.74, 6) is -1.95. The Morgan fingerprint density at radius 2 is 1.88 bits per heavy atom. The molecule has 0 heterocycles. The Hall–Kier alpha value is -2.40. The van der Waals surface area contributed by atoms with Crippen LogP contribution in [0.2, 0.25) is 5.02 Å². The van der Waals surface area contributed by atoms with E-state index < -0.39 is 29.7 Å². The van der Waals surface area contributed by atoms with Crippen LogP contribution < -0.4 is 5.32 Å². The first kappa shape index (κ1) is 18.9. The van der Waals surface area contributed by atoms with Crippen molar-refractivity contribution in [2.45, 2.75) is 32.3 Å². The van der Waals surface area contributed by atoms with E-state index in [0.29, 0.717) is 6.42 Å². The summed E-state index contributed by atoms with van der Waals surface area (Å²) in [5.41, 5.74) is 1.09. The van der Waals surface area contributed by atoms with Gasteiger partial charge in [-0.1, -0.05) is 48.9 Å². The molecule has 0 radical (unpaired) electrons. The Balaban J connectivity index is 2.01. The van der Waals surface area contributed by atoms with Crippen LogP contribution in [0.1, 0.15) is 31.7 Å². The highest BCUT2D eigenvalue weighted by Crippen LogP contribution is 2.24. The first-order chi connectivity index (χ1) is 11.9. The molecule has 0 aliphatic carbocycles. The number of esters is 1. The fourth-order valence-corrected chi connectivity index (χ4v) is 2.57. The molecule has 2 rings (SSSR count). The third kappa shape index (κ3) is 5.03. The highest BCUT2D eigenvalue weighted by Gasteiger charge is 2.25. The van der Waals surface area contributed by atoms with Gasteiger partial charge in [-0.25, -0.2) is 4.39 Å². The van der Waals surface area contributed by atoms with E-state index in [9.17, 15) is 14.0 Å². The van der Waals surface area contributed by atoms with Crippen molar-refractivity contribution in [2.24, 2.45) is 0 Å². The van der Waals surface area contributed by atoms with Crippen molar-refractivity contribution in [3.8, 4) is 0 Å². The smallest absolute Gasteiger partial charge is 0.314 e. The zero-order chi connectivity index (χ0) is 18.4. The van der Waals surface area contributed by atoms with Crippen molar-refractivity contribution in [2.75, 3.05) is 5.32 Å². The molecule has 0 unspecified atom stereocenters. The van der Waals surface area contributed by atoms with E-state index in [1.165, 1.54) is 19.1 Å². The minimum atomic E-state index is -1.01. The van der Waals surface area contributed by atoms with Crippen LogP contribution in [-0.4, -0.2) is 18.0 Å². The van der Waals surface area contributed by atoms with Crippen LogP contribution >= 0.6 is 11.6 Å². The molecule has 0 bridgehead atoms. The molecular formula is C19H19ClFNO3. The van der Waals surface area contributed by atoms with Gasteiger partial charge in [0.2, 0.25) is 0 Å². The highest BCUT2D eigenvalue weighted by molar-refractivity contribution is 6.33. The van der Waals surface area contributed by atoms with E-state index in [-0.39, 0.29) is 10.7 Å². The van der Waals surface area contributed by atoms with Crippen molar-refractivity contribution >= 4 is 29.2 Å². The standard InChI is InChI=1S/C19H19ClFNO3/c1-3-15(13-7-5-4-6-8-13)19(24)25-12(2)18(23)22-17-10-9-14(21)11-16(17)20/h4-12,15H,3H2,1-2H3,(H,22,23)/t12-,15-/m0/s1. The number of hydrogen-bond donors (Lipinski definition) is 1. The van der Waals surface area contributed by atoms with Gasteiger partial charge < -0.3 is 10.1 Å². The van der Waals surface area contributed by atoms with Gasteiger partial charge in [-0.2, -0.15) is 0 Å². The first-order valence-electron chi connectivity index (χ1n) is 7.93. The maximum Gasteiger partial charge on any atom is 0.314 e. The topological polar surface area (TPSA) is 55.4 Å². The molecule has 0 aromatic heterocycles. The zero-order valence-corrected chi connectivity index (χ0v) is 14.7. The molecule has 0 aliphatic heterocycles. The van der Waals surface area contributed by atoms with Gasteiger partial charge in [0.25, 0.3) is 5.91 Å². The molecule has 0 saturated carbocycles. The van der Waals surface area contributed by atoms with Crippen molar-refractivity contribution in [1.82, 2.24) is 0 Å². The normalized spacial score (nSPS) is 13.0. The van der Waals surface area contributed by atoms with Gasteiger partial charge >= 0.3 is 5.97 Å². The van der Waals surface area contributed by atoms with Crippen LogP contribution in [0.5, 0.6) is 0 Å². The van der Waals surface area contributed by atoms with E-state index in [1.54, 1.807) is 0 Å². The Morgan fingerprint density at radius 3 is 2.48 bits per heavy atom. The quantitative estimate of drug-likeness (QED) is 0.766. The molecule has 6 heteroatoms. The van der Waals surface area contributed by atoms with Crippen molar-refractivity contribution in [3.05, 3.63) is 64.9 Å². The Labute approximate surface area is 150 Å². The molecule has 1 amide bonds. The summed E-state index contributed by atoms with van der Waals surface area (Å²) in [5, 5.41) is 2.60. The summed E-state index contributed by atoms with van der Waals surface area (Å²) in [4.78, 5) is 24.6. The highest BCUT2D eigenvalue weighted by atomic mass is 35.5. The maximum atomic E-state index is 13.0. The second-order valence-electron chi connectivity index (χ2n) is 5.56. The van der Waals surface area contributed by atoms with Gasteiger partial charge in [0.1, 0.15) is 5.82 Å². The van der Waals surface area contributed by atoms with E-state index in [0.717, 1.165) is 11.6 Å². The average molecular weight is 364 g/mol. The molecule has 1 N–H and O–H groups in total. The Kier molecular flexibility index (Phi) is 6.53. The van der Waals surface area contributed by atoms with Crippen molar-refractivity contribution in [3.63, 3.8) is 0 Å². The molecule has 0 saturated heterocycles. The molecule has 2 atom stereocenters. The number of amides is 1. The number of halogens is 2. The molecule has 0 aliphatic rings. The van der Waals surface area contributed by atoms with Gasteiger partial charge in [0, 0.05) is 0 Å². The number of hydrogen-bond acceptors (Lipinski definition) is 3. The summed E-state index contributed by atoms with van der Waals surface area (Å²) in [7, 11) is 0.